The van der Waals surface area contributed by atoms with Crippen LogP contribution in [-0.4, -0.2) is 15.6 Å². The lowest BCUT2D eigenvalue weighted by Gasteiger charge is -2.19. The molecule has 5 rings (SSSR count). The second-order valence-corrected chi connectivity index (χ2v) is 13.6. The molecule has 0 aliphatic heterocycles. The molecule has 2 aromatic heterocycles. The minimum absolute atomic E-state index is 0.0616. The van der Waals surface area contributed by atoms with E-state index in [1.54, 1.807) is 6.07 Å². The fraction of sp³-hybridized carbons (Fsp3) is 0.222. The van der Waals surface area contributed by atoms with Gasteiger partial charge in [0.1, 0.15) is 11.6 Å². The maximum atomic E-state index is 11.1. The molecule has 2 heterocycles. The number of hydrogen-bond acceptors (Lipinski definition) is 3. The number of aliphatic carboxylic acids is 1. The monoisotopic (exact) mass is 558 g/mol. The summed E-state index contributed by atoms with van der Waals surface area (Å²) < 4.78 is 2.35. The van der Waals surface area contributed by atoms with Gasteiger partial charge < -0.3 is 9.67 Å². The van der Waals surface area contributed by atoms with Crippen molar-refractivity contribution in [3.8, 4) is 11.8 Å². The first kappa shape index (κ1) is 28.1. The fourth-order valence-electron chi connectivity index (χ4n) is 4.97. The van der Waals surface area contributed by atoms with Crippen molar-refractivity contribution in [2.45, 2.75) is 52.4 Å². The average molecular weight is 559 g/mol. The predicted molar refractivity (Wildman–Crippen MR) is 173 cm³/mol. The molecule has 0 saturated heterocycles. The van der Waals surface area contributed by atoms with E-state index in [-0.39, 0.29) is 16.4 Å². The molecule has 3 aromatic carbocycles. The summed E-state index contributed by atoms with van der Waals surface area (Å²) in [6, 6.07) is 27.7. The van der Waals surface area contributed by atoms with Gasteiger partial charge in [0.2, 0.25) is 0 Å². The number of nitriles is 1. The van der Waals surface area contributed by atoms with Gasteiger partial charge in [-0.1, -0.05) is 71.9 Å². The Hall–Kier alpha value is -4.40. The highest BCUT2D eigenvalue weighted by atomic mass is 32.1. The normalized spacial score (nSPS) is 12.9. The Labute approximate surface area is 245 Å². The number of carboxylic acid groups (broad SMARTS) is 1. The van der Waals surface area contributed by atoms with Crippen molar-refractivity contribution < 1.29 is 9.90 Å². The van der Waals surface area contributed by atoms with Gasteiger partial charge in [-0.05, 0) is 88.2 Å². The third-order valence-corrected chi connectivity index (χ3v) is 8.37. The highest BCUT2D eigenvalue weighted by Gasteiger charge is 2.20. The number of aromatic nitrogens is 1. The number of benzene rings is 3. The number of hydrogen-bond donors (Lipinski definition) is 1. The van der Waals surface area contributed by atoms with Gasteiger partial charge in [0.25, 0.3) is 0 Å². The maximum Gasteiger partial charge on any atom is 0.346 e. The molecule has 41 heavy (non-hydrogen) atoms. The highest BCUT2D eigenvalue weighted by Crippen LogP contribution is 2.37. The summed E-state index contributed by atoms with van der Waals surface area (Å²) in [4.78, 5) is 12.8. The van der Waals surface area contributed by atoms with Gasteiger partial charge in [0, 0.05) is 26.2 Å². The van der Waals surface area contributed by atoms with E-state index in [9.17, 15) is 4.79 Å². The summed E-state index contributed by atoms with van der Waals surface area (Å²) in [6.07, 6.45) is 5.45. The van der Waals surface area contributed by atoms with Crippen molar-refractivity contribution in [3.63, 3.8) is 0 Å². The van der Waals surface area contributed by atoms with Crippen LogP contribution in [-0.2, 0) is 15.6 Å². The summed E-state index contributed by atoms with van der Waals surface area (Å²) in [5, 5.41) is 20.6. The molecule has 5 aromatic rings. The number of nitrogens with zero attached hydrogens (tertiary/aromatic N) is 2. The highest BCUT2D eigenvalue weighted by molar-refractivity contribution is 7.13. The maximum absolute atomic E-state index is 11.1. The topological polar surface area (TPSA) is 66.0 Å². The number of carboxylic acids is 1. The van der Waals surface area contributed by atoms with Crippen LogP contribution in [0.5, 0.6) is 0 Å². The number of fused-ring (bicyclic) bond motifs is 3. The molecule has 0 atom stereocenters. The summed E-state index contributed by atoms with van der Waals surface area (Å²) in [7, 11) is 0. The quantitative estimate of drug-likeness (QED) is 0.172. The Morgan fingerprint density at radius 1 is 0.780 bits per heavy atom. The zero-order chi connectivity index (χ0) is 29.5. The van der Waals surface area contributed by atoms with Crippen LogP contribution in [0.15, 0.2) is 78.4 Å². The smallest absolute Gasteiger partial charge is 0.346 e. The van der Waals surface area contributed by atoms with E-state index in [0.717, 1.165) is 21.0 Å². The first-order chi connectivity index (χ1) is 19.3. The minimum atomic E-state index is -1.22. The zero-order valence-electron chi connectivity index (χ0n) is 24.3. The Morgan fingerprint density at radius 3 is 1.80 bits per heavy atom. The van der Waals surface area contributed by atoms with E-state index in [1.165, 1.54) is 50.3 Å². The van der Waals surface area contributed by atoms with Gasteiger partial charge in [-0.3, -0.25) is 0 Å². The molecular formula is C36H34N2O2S. The van der Waals surface area contributed by atoms with Crippen molar-refractivity contribution in [2.75, 3.05) is 0 Å². The van der Waals surface area contributed by atoms with Gasteiger partial charge in [-0.25, -0.2) is 4.79 Å². The lowest BCUT2D eigenvalue weighted by Crippen LogP contribution is -2.10. The number of rotatable bonds is 5. The molecule has 0 radical (unpaired) electrons. The van der Waals surface area contributed by atoms with Gasteiger partial charge >= 0.3 is 5.97 Å². The largest absolute Gasteiger partial charge is 0.477 e. The van der Waals surface area contributed by atoms with Crippen molar-refractivity contribution in [2.24, 2.45) is 0 Å². The van der Waals surface area contributed by atoms with Crippen molar-refractivity contribution in [1.82, 2.24) is 4.57 Å². The number of carbonyl (C=O) groups is 1. The van der Waals surface area contributed by atoms with Gasteiger partial charge in [-0.2, -0.15) is 5.26 Å². The fourth-order valence-corrected chi connectivity index (χ4v) is 5.82. The van der Waals surface area contributed by atoms with E-state index in [4.69, 9.17) is 10.4 Å². The van der Waals surface area contributed by atoms with Gasteiger partial charge in [0.15, 0.2) is 0 Å². The predicted octanol–water partition coefficient (Wildman–Crippen LogP) is 9.60. The number of thiophene rings is 1. The first-order valence-corrected chi connectivity index (χ1v) is 14.5. The Morgan fingerprint density at radius 2 is 1.32 bits per heavy atom. The molecule has 5 heteroatoms. The summed E-state index contributed by atoms with van der Waals surface area (Å²) >= 11 is 1.44. The molecule has 0 amide bonds. The molecule has 1 N–H and O–H groups in total. The molecule has 0 bridgehead atoms. The van der Waals surface area contributed by atoms with E-state index < -0.39 is 5.97 Å². The van der Waals surface area contributed by atoms with Crippen LogP contribution >= 0.6 is 11.3 Å². The molecular weight excluding hydrogens is 524 g/mol. The Bertz CT molecular complexity index is 1810. The van der Waals surface area contributed by atoms with Crippen LogP contribution in [0.3, 0.4) is 0 Å². The van der Waals surface area contributed by atoms with Crippen LogP contribution in [0.4, 0.5) is 0 Å². The van der Waals surface area contributed by atoms with E-state index in [0.29, 0.717) is 0 Å². The van der Waals surface area contributed by atoms with Gasteiger partial charge in [0.05, 0.1) is 11.0 Å². The van der Waals surface area contributed by atoms with E-state index in [1.807, 2.05) is 24.3 Å². The third-order valence-electron chi connectivity index (χ3n) is 7.37. The summed E-state index contributed by atoms with van der Waals surface area (Å²) in [6.45, 7) is 13.5. The molecule has 0 aliphatic carbocycles. The molecule has 0 spiro atoms. The van der Waals surface area contributed by atoms with Crippen molar-refractivity contribution >= 4 is 57.3 Å². The van der Waals surface area contributed by atoms with Crippen LogP contribution in [0.25, 0.3) is 45.7 Å². The van der Waals surface area contributed by atoms with Crippen molar-refractivity contribution in [1.29, 1.82) is 5.26 Å². The molecule has 0 aliphatic rings. The van der Waals surface area contributed by atoms with E-state index in [2.05, 4.69) is 107 Å². The van der Waals surface area contributed by atoms with Gasteiger partial charge in [-0.15, -0.1) is 11.3 Å². The third kappa shape index (κ3) is 5.75. The molecule has 206 valence electrons. The lowest BCUT2D eigenvalue weighted by molar-refractivity contribution is -0.132. The zero-order valence-corrected chi connectivity index (χ0v) is 25.1. The lowest BCUT2D eigenvalue weighted by atomic mass is 9.85. The Kier molecular flexibility index (Phi) is 7.23. The SMILES string of the molecule is CC(C)(C)c1ccc2c(c1)c1cc(C(C)(C)C)ccc1n2-c1ccc(/C=C/c2ccc(/C=C(\C#N)C(=O)O)s2)cc1. The van der Waals surface area contributed by atoms with Crippen LogP contribution < -0.4 is 0 Å². The summed E-state index contributed by atoms with van der Waals surface area (Å²) in [5.41, 5.74) is 7.06. The average Bonchev–Trinajstić information content (AvgIpc) is 3.51. The molecule has 0 unspecified atom stereocenters. The molecule has 4 nitrogen and oxygen atoms in total. The molecule has 0 fully saturated rings. The first-order valence-electron chi connectivity index (χ1n) is 13.7. The van der Waals surface area contributed by atoms with Crippen molar-refractivity contribution in [3.05, 3.63) is 105 Å². The second-order valence-electron chi connectivity index (χ2n) is 12.4. The van der Waals surface area contributed by atoms with Crippen LogP contribution in [0.1, 0.15) is 68.0 Å². The van der Waals surface area contributed by atoms with E-state index >= 15 is 0 Å². The second kappa shape index (κ2) is 10.5. The van der Waals surface area contributed by atoms with Crippen LogP contribution in [0, 0.1) is 11.3 Å². The van der Waals surface area contributed by atoms with Crippen LogP contribution in [0.2, 0.25) is 0 Å². The Balaban J connectivity index is 1.52. The molecule has 0 saturated carbocycles. The standard InChI is InChI=1S/C36H34N2O2S/c1-35(2,3)25-10-17-32-30(20-25)31-21-26(36(4,5)6)11-18-33(31)38(32)27-12-7-23(8-13-27)9-14-28-15-16-29(41-28)19-24(22-37)34(39)40/h7-21H,1-6H3,(H,39,40)/b14-9+,24-19+. The minimum Gasteiger partial charge on any atom is -0.477 e. The summed E-state index contributed by atoms with van der Waals surface area (Å²) in [5.74, 6) is -1.22.